The number of hydrogen-bond acceptors (Lipinski definition) is 6. The molecule has 7 nitrogen and oxygen atoms in total. The lowest BCUT2D eigenvalue weighted by Crippen LogP contribution is -2.35. The van der Waals surface area contributed by atoms with Crippen LogP contribution in [0.2, 0.25) is 0 Å². The zero-order valence-corrected chi connectivity index (χ0v) is 15.2. The molecule has 3 rings (SSSR count). The summed E-state index contributed by atoms with van der Waals surface area (Å²) < 4.78 is 2.74. The molecule has 2 heterocycles. The average molecular weight is 362 g/mol. The van der Waals surface area contributed by atoms with Gasteiger partial charge >= 0.3 is 0 Å². The number of aliphatic imine (C=N–C) groups is 1. The van der Waals surface area contributed by atoms with Crippen LogP contribution in [0.1, 0.15) is 17.3 Å². The summed E-state index contributed by atoms with van der Waals surface area (Å²) in [5.74, 6) is -0.212. The first-order valence-electron chi connectivity index (χ1n) is 7.13. The quantitative estimate of drug-likeness (QED) is 0.872. The van der Waals surface area contributed by atoms with E-state index in [9.17, 15) is 4.79 Å². The third-order valence-electron chi connectivity index (χ3n) is 3.46. The Labute approximate surface area is 145 Å². The van der Waals surface area contributed by atoms with Crippen LogP contribution in [0.5, 0.6) is 0 Å². The van der Waals surface area contributed by atoms with E-state index in [0.717, 1.165) is 15.1 Å². The van der Waals surface area contributed by atoms with Gasteiger partial charge in [-0.05, 0) is 37.1 Å². The Hall–Kier alpha value is -2.10. The minimum absolute atomic E-state index is 0.212. The molecule has 126 valence electrons. The molecular formula is C15H18N6OS2. The predicted molar refractivity (Wildman–Crippen MR) is 98.6 cm³/mol. The van der Waals surface area contributed by atoms with Gasteiger partial charge in [0, 0.05) is 12.6 Å². The molecule has 1 atom stereocenters. The summed E-state index contributed by atoms with van der Waals surface area (Å²) in [5, 5.41) is 18.6. The van der Waals surface area contributed by atoms with E-state index in [1.54, 1.807) is 18.5 Å². The van der Waals surface area contributed by atoms with E-state index < -0.39 is 10.2 Å². The van der Waals surface area contributed by atoms with Gasteiger partial charge in [0.25, 0.3) is 5.91 Å². The molecule has 0 radical (unpaired) electrons. The lowest BCUT2D eigenvalue weighted by atomic mass is 10.2. The minimum Gasteiger partial charge on any atom is -0.311 e. The number of thioether (sulfide) groups is 1. The number of hydrogen-bond donors (Lipinski definition) is 2. The van der Waals surface area contributed by atoms with E-state index in [1.165, 1.54) is 11.8 Å². The van der Waals surface area contributed by atoms with Gasteiger partial charge in [-0.25, -0.2) is 4.99 Å². The second kappa shape index (κ2) is 6.42. The van der Waals surface area contributed by atoms with Crippen LogP contribution in [-0.2, 0) is 7.05 Å². The zero-order chi connectivity index (χ0) is 17.3. The van der Waals surface area contributed by atoms with Crippen molar-refractivity contribution in [2.75, 3.05) is 6.26 Å². The highest BCUT2D eigenvalue weighted by atomic mass is 32.3. The number of rotatable bonds is 3. The second-order valence-corrected chi connectivity index (χ2v) is 9.41. The van der Waals surface area contributed by atoms with Gasteiger partial charge in [0.05, 0.1) is 9.93 Å². The summed E-state index contributed by atoms with van der Waals surface area (Å²) in [6, 6.07) is 9.01. The van der Waals surface area contributed by atoms with Crippen LogP contribution >= 0.6 is 22.0 Å². The number of nitrogens with two attached hydrogens (primary N) is 1. The Morgan fingerprint density at radius 1 is 1.33 bits per heavy atom. The average Bonchev–Trinajstić information content (AvgIpc) is 3.05. The highest BCUT2D eigenvalue weighted by Gasteiger charge is 2.35. The fourth-order valence-electron chi connectivity index (χ4n) is 2.19. The molecule has 1 aliphatic heterocycles. The number of benzene rings is 1. The first-order valence-corrected chi connectivity index (χ1v) is 10.1. The largest absolute Gasteiger partial charge is 0.311 e. The van der Waals surface area contributed by atoms with Crippen molar-refractivity contribution in [1.29, 1.82) is 0 Å². The highest BCUT2D eigenvalue weighted by molar-refractivity contribution is 8.52. The number of carbonyl (C=O) groups excluding carboxylic acids is 1. The fraction of sp³-hybridized carbons (Fsp3) is 0.200. The first-order chi connectivity index (χ1) is 11.4. The van der Waals surface area contributed by atoms with E-state index in [4.69, 9.17) is 5.14 Å². The summed E-state index contributed by atoms with van der Waals surface area (Å²) in [5.41, 5.74) is 1.37. The van der Waals surface area contributed by atoms with Crippen molar-refractivity contribution < 1.29 is 4.79 Å². The SMILES string of the molecule is CC1=C(Sc2nncn2C)S(C)(N)C(NC(=O)c2ccccc2)=N1. The van der Waals surface area contributed by atoms with Crippen molar-refractivity contribution in [3.05, 3.63) is 52.2 Å². The standard InChI is InChI=1S/C15H18N6OS2/c1-10-13(23-15-20-17-9-21(15)2)24(3,16)14(18-10)19-12(22)11-7-5-4-6-8-11/h4-9H,16H2,1-3H3,(H,18,19,22). The van der Waals surface area contributed by atoms with Gasteiger partial charge < -0.3 is 9.88 Å². The van der Waals surface area contributed by atoms with Crippen LogP contribution in [0.4, 0.5) is 0 Å². The number of nitrogens with zero attached hydrogens (tertiary/aromatic N) is 4. The van der Waals surface area contributed by atoms with Gasteiger partial charge in [0.15, 0.2) is 10.3 Å². The Balaban J connectivity index is 1.79. The zero-order valence-electron chi connectivity index (χ0n) is 13.6. The van der Waals surface area contributed by atoms with Gasteiger partial charge in [0.2, 0.25) is 0 Å². The highest BCUT2D eigenvalue weighted by Crippen LogP contribution is 2.57. The number of allylic oxidation sites excluding steroid dienone is 1. The number of nitrogens with one attached hydrogen (secondary N) is 1. The third-order valence-corrected chi connectivity index (χ3v) is 7.85. The molecule has 2 aromatic rings. The maximum atomic E-state index is 12.4. The van der Waals surface area contributed by atoms with Crippen LogP contribution in [-0.4, -0.2) is 32.1 Å². The number of amides is 1. The fourth-order valence-corrected chi connectivity index (χ4v) is 5.45. The molecule has 0 spiro atoms. The summed E-state index contributed by atoms with van der Waals surface area (Å²) in [4.78, 5) is 16.9. The van der Waals surface area contributed by atoms with Gasteiger partial charge in [-0.2, -0.15) is 0 Å². The van der Waals surface area contributed by atoms with Crippen molar-refractivity contribution >= 4 is 33.1 Å². The lowest BCUT2D eigenvalue weighted by Gasteiger charge is -2.29. The molecular weight excluding hydrogens is 344 g/mol. The Bertz CT molecular complexity index is 841. The summed E-state index contributed by atoms with van der Waals surface area (Å²) in [7, 11) is -0.0231. The molecule has 1 aromatic carbocycles. The van der Waals surface area contributed by atoms with Crippen molar-refractivity contribution in [3.8, 4) is 0 Å². The molecule has 3 N–H and O–H groups in total. The molecule has 1 aromatic heterocycles. The van der Waals surface area contributed by atoms with Crippen molar-refractivity contribution in [2.24, 2.45) is 17.2 Å². The van der Waals surface area contributed by atoms with Crippen LogP contribution in [0.15, 0.2) is 56.7 Å². The number of carbonyl (C=O) groups is 1. The Kier molecular flexibility index (Phi) is 4.48. The van der Waals surface area contributed by atoms with Gasteiger partial charge in [0.1, 0.15) is 6.33 Å². The third kappa shape index (κ3) is 3.10. The maximum Gasteiger partial charge on any atom is 0.257 e. The molecule has 0 bridgehead atoms. The summed E-state index contributed by atoms with van der Waals surface area (Å²) in [6.45, 7) is 1.89. The monoisotopic (exact) mass is 362 g/mol. The predicted octanol–water partition coefficient (Wildman–Crippen LogP) is 2.20. The van der Waals surface area contributed by atoms with Gasteiger partial charge in [-0.1, -0.05) is 28.4 Å². The van der Waals surface area contributed by atoms with Gasteiger partial charge in [-0.3, -0.25) is 9.93 Å². The van der Waals surface area contributed by atoms with E-state index in [1.807, 2.05) is 43.0 Å². The molecule has 0 fully saturated rings. The first kappa shape index (κ1) is 16.7. The van der Waals surface area contributed by atoms with Crippen molar-refractivity contribution in [2.45, 2.75) is 12.1 Å². The van der Waals surface area contributed by atoms with Crippen LogP contribution < -0.4 is 10.5 Å². The Morgan fingerprint density at radius 2 is 2.04 bits per heavy atom. The van der Waals surface area contributed by atoms with Crippen LogP contribution in [0.3, 0.4) is 0 Å². The molecule has 9 heteroatoms. The molecule has 1 aliphatic rings. The summed E-state index contributed by atoms with van der Waals surface area (Å²) in [6.07, 6.45) is 3.54. The minimum atomic E-state index is -1.89. The maximum absolute atomic E-state index is 12.4. The molecule has 24 heavy (non-hydrogen) atoms. The smallest absolute Gasteiger partial charge is 0.257 e. The van der Waals surface area contributed by atoms with Crippen LogP contribution in [0.25, 0.3) is 0 Å². The number of aromatic nitrogens is 3. The van der Waals surface area contributed by atoms with E-state index >= 15 is 0 Å². The van der Waals surface area contributed by atoms with Crippen molar-refractivity contribution in [3.63, 3.8) is 0 Å². The number of amidine groups is 1. The van der Waals surface area contributed by atoms with E-state index in [2.05, 4.69) is 20.5 Å². The molecule has 0 saturated heterocycles. The van der Waals surface area contributed by atoms with Crippen LogP contribution in [0, 0.1) is 0 Å². The number of aryl methyl sites for hydroxylation is 1. The summed E-state index contributed by atoms with van der Waals surface area (Å²) >= 11 is 1.44. The van der Waals surface area contributed by atoms with E-state index in [0.29, 0.717) is 10.7 Å². The lowest BCUT2D eigenvalue weighted by molar-refractivity contribution is 0.0978. The molecule has 0 saturated carbocycles. The molecule has 1 unspecified atom stereocenters. The normalized spacial score (nSPS) is 22.9. The molecule has 1 amide bonds. The topological polar surface area (TPSA) is 98.2 Å². The van der Waals surface area contributed by atoms with Crippen molar-refractivity contribution in [1.82, 2.24) is 20.1 Å². The van der Waals surface area contributed by atoms with Gasteiger partial charge in [-0.15, -0.1) is 10.2 Å². The van der Waals surface area contributed by atoms with E-state index in [-0.39, 0.29) is 5.91 Å². The Morgan fingerprint density at radius 3 is 2.67 bits per heavy atom. The second-order valence-electron chi connectivity index (χ2n) is 5.42. The molecule has 0 aliphatic carbocycles.